The monoisotopic (exact) mass is 280 g/mol. The third-order valence-corrected chi connectivity index (χ3v) is 3.51. The lowest BCUT2D eigenvalue weighted by Crippen LogP contribution is -2.42. The summed E-state index contributed by atoms with van der Waals surface area (Å²) in [5, 5.41) is 10.7. The Labute approximate surface area is 122 Å². The van der Waals surface area contributed by atoms with Gasteiger partial charge in [0.2, 0.25) is 5.91 Å². The SMILES string of the molecule is CCCNC(=O)C(C)NCc1ccn(C(CC)CC)n1. The van der Waals surface area contributed by atoms with Gasteiger partial charge >= 0.3 is 0 Å². The van der Waals surface area contributed by atoms with Crippen LogP contribution in [0.1, 0.15) is 58.7 Å². The van der Waals surface area contributed by atoms with E-state index in [4.69, 9.17) is 0 Å². The smallest absolute Gasteiger partial charge is 0.236 e. The van der Waals surface area contributed by atoms with Crippen molar-refractivity contribution in [1.29, 1.82) is 0 Å². The molecule has 2 N–H and O–H groups in total. The molecule has 114 valence electrons. The predicted molar refractivity (Wildman–Crippen MR) is 81.4 cm³/mol. The molecule has 0 aliphatic heterocycles. The first-order valence-electron chi connectivity index (χ1n) is 7.67. The fourth-order valence-electron chi connectivity index (χ4n) is 2.09. The molecule has 1 aromatic heterocycles. The van der Waals surface area contributed by atoms with E-state index in [2.05, 4.69) is 29.6 Å². The number of aromatic nitrogens is 2. The van der Waals surface area contributed by atoms with Crippen LogP contribution in [0.5, 0.6) is 0 Å². The third kappa shape index (κ3) is 4.96. The Morgan fingerprint density at radius 3 is 2.65 bits per heavy atom. The van der Waals surface area contributed by atoms with Crippen LogP contribution in [0.15, 0.2) is 12.3 Å². The van der Waals surface area contributed by atoms with Crippen LogP contribution in [0.25, 0.3) is 0 Å². The van der Waals surface area contributed by atoms with Gasteiger partial charge in [0.15, 0.2) is 0 Å². The van der Waals surface area contributed by atoms with Crippen molar-refractivity contribution in [2.24, 2.45) is 0 Å². The molecule has 1 rings (SSSR count). The maximum Gasteiger partial charge on any atom is 0.236 e. The van der Waals surface area contributed by atoms with Crippen molar-refractivity contribution in [1.82, 2.24) is 20.4 Å². The first-order chi connectivity index (χ1) is 9.62. The highest BCUT2D eigenvalue weighted by Gasteiger charge is 2.12. The Bertz CT molecular complexity index is 398. The van der Waals surface area contributed by atoms with Crippen LogP contribution in [-0.4, -0.2) is 28.3 Å². The molecule has 1 amide bonds. The predicted octanol–water partition coefficient (Wildman–Crippen LogP) is 2.25. The molecule has 0 aromatic carbocycles. The zero-order valence-electron chi connectivity index (χ0n) is 13.1. The van der Waals surface area contributed by atoms with E-state index < -0.39 is 0 Å². The van der Waals surface area contributed by atoms with Gasteiger partial charge in [-0.25, -0.2) is 0 Å². The van der Waals surface area contributed by atoms with Gasteiger partial charge in [0.25, 0.3) is 0 Å². The highest BCUT2D eigenvalue weighted by molar-refractivity contribution is 5.81. The Balaban J connectivity index is 2.43. The number of carbonyl (C=O) groups is 1. The molecule has 0 aliphatic rings. The van der Waals surface area contributed by atoms with Gasteiger partial charge < -0.3 is 10.6 Å². The molecule has 5 heteroatoms. The van der Waals surface area contributed by atoms with Gasteiger partial charge in [0.05, 0.1) is 17.8 Å². The maximum atomic E-state index is 11.7. The summed E-state index contributed by atoms with van der Waals surface area (Å²) in [6.45, 7) is 9.62. The number of amides is 1. The summed E-state index contributed by atoms with van der Waals surface area (Å²) in [5.74, 6) is 0.0475. The minimum Gasteiger partial charge on any atom is -0.355 e. The Hall–Kier alpha value is -1.36. The van der Waals surface area contributed by atoms with Gasteiger partial charge in [0.1, 0.15) is 0 Å². The molecule has 1 aromatic rings. The second-order valence-corrected chi connectivity index (χ2v) is 5.15. The third-order valence-electron chi connectivity index (χ3n) is 3.51. The zero-order chi connectivity index (χ0) is 15.0. The minimum atomic E-state index is -0.195. The number of hydrogen-bond acceptors (Lipinski definition) is 3. The molecule has 0 spiro atoms. The fraction of sp³-hybridized carbons (Fsp3) is 0.733. The summed E-state index contributed by atoms with van der Waals surface area (Å²) in [6, 6.07) is 2.29. The number of carbonyl (C=O) groups excluding carboxylic acids is 1. The van der Waals surface area contributed by atoms with Crippen LogP contribution in [0.2, 0.25) is 0 Å². The van der Waals surface area contributed by atoms with E-state index in [1.54, 1.807) is 0 Å². The van der Waals surface area contributed by atoms with E-state index in [-0.39, 0.29) is 11.9 Å². The lowest BCUT2D eigenvalue weighted by Gasteiger charge is -2.14. The van der Waals surface area contributed by atoms with Crippen molar-refractivity contribution in [3.8, 4) is 0 Å². The lowest BCUT2D eigenvalue weighted by atomic mass is 10.2. The fourth-order valence-corrected chi connectivity index (χ4v) is 2.09. The Morgan fingerprint density at radius 2 is 2.05 bits per heavy atom. The van der Waals surface area contributed by atoms with Crippen LogP contribution < -0.4 is 10.6 Å². The van der Waals surface area contributed by atoms with Gasteiger partial charge in [-0.15, -0.1) is 0 Å². The number of hydrogen-bond donors (Lipinski definition) is 2. The number of rotatable bonds is 9. The topological polar surface area (TPSA) is 59.0 Å². The number of nitrogens with one attached hydrogen (secondary N) is 2. The quantitative estimate of drug-likeness (QED) is 0.729. The Morgan fingerprint density at radius 1 is 1.35 bits per heavy atom. The minimum absolute atomic E-state index is 0.0475. The molecule has 1 atom stereocenters. The van der Waals surface area contributed by atoms with Crippen molar-refractivity contribution in [2.75, 3.05) is 6.54 Å². The molecule has 0 saturated heterocycles. The van der Waals surface area contributed by atoms with E-state index >= 15 is 0 Å². The van der Waals surface area contributed by atoms with Gasteiger partial charge in [-0.05, 0) is 32.3 Å². The van der Waals surface area contributed by atoms with Crippen molar-refractivity contribution in [2.45, 2.75) is 65.6 Å². The maximum absolute atomic E-state index is 11.7. The standard InChI is InChI=1S/C15H28N4O/c1-5-9-16-15(20)12(4)17-11-13-8-10-19(18-13)14(6-2)7-3/h8,10,12,14,17H,5-7,9,11H2,1-4H3,(H,16,20). The van der Waals surface area contributed by atoms with Crippen LogP contribution >= 0.6 is 0 Å². The molecule has 0 aliphatic carbocycles. The molecule has 1 unspecified atom stereocenters. The van der Waals surface area contributed by atoms with Crippen LogP contribution in [-0.2, 0) is 11.3 Å². The summed E-state index contributed by atoms with van der Waals surface area (Å²) < 4.78 is 2.03. The highest BCUT2D eigenvalue weighted by atomic mass is 16.2. The molecule has 0 saturated carbocycles. The van der Waals surface area contributed by atoms with Gasteiger partial charge in [-0.1, -0.05) is 20.8 Å². The lowest BCUT2D eigenvalue weighted by molar-refractivity contribution is -0.122. The molecule has 20 heavy (non-hydrogen) atoms. The second-order valence-electron chi connectivity index (χ2n) is 5.15. The number of nitrogens with zero attached hydrogens (tertiary/aromatic N) is 2. The average molecular weight is 280 g/mol. The summed E-state index contributed by atoms with van der Waals surface area (Å²) >= 11 is 0. The first kappa shape index (κ1) is 16.7. The van der Waals surface area contributed by atoms with Crippen molar-refractivity contribution < 1.29 is 4.79 Å². The largest absolute Gasteiger partial charge is 0.355 e. The molecule has 0 radical (unpaired) electrons. The molecule has 5 nitrogen and oxygen atoms in total. The average Bonchev–Trinajstić information content (AvgIpc) is 2.92. The van der Waals surface area contributed by atoms with Crippen molar-refractivity contribution in [3.05, 3.63) is 18.0 Å². The Kier molecular flexibility index (Phi) is 7.30. The van der Waals surface area contributed by atoms with Gasteiger partial charge in [0, 0.05) is 19.3 Å². The normalized spacial score (nSPS) is 12.7. The van der Waals surface area contributed by atoms with Crippen molar-refractivity contribution >= 4 is 5.91 Å². The highest BCUT2D eigenvalue weighted by Crippen LogP contribution is 2.14. The molecule has 1 heterocycles. The van der Waals surface area contributed by atoms with E-state index in [0.29, 0.717) is 12.6 Å². The van der Waals surface area contributed by atoms with Gasteiger partial charge in [-0.3, -0.25) is 9.48 Å². The molecular formula is C15H28N4O. The summed E-state index contributed by atoms with van der Waals surface area (Å²) in [4.78, 5) is 11.7. The summed E-state index contributed by atoms with van der Waals surface area (Å²) in [5.41, 5.74) is 0.979. The second kappa shape index (κ2) is 8.74. The summed E-state index contributed by atoms with van der Waals surface area (Å²) in [6.07, 6.45) is 5.15. The molecule has 0 fully saturated rings. The first-order valence-corrected chi connectivity index (χ1v) is 7.67. The summed E-state index contributed by atoms with van der Waals surface area (Å²) in [7, 11) is 0. The van der Waals surface area contributed by atoms with Crippen LogP contribution in [0.4, 0.5) is 0 Å². The molecule has 0 bridgehead atoms. The van der Waals surface area contributed by atoms with Gasteiger partial charge in [-0.2, -0.15) is 5.10 Å². The molecular weight excluding hydrogens is 252 g/mol. The van der Waals surface area contributed by atoms with E-state index in [1.807, 2.05) is 30.8 Å². The van der Waals surface area contributed by atoms with E-state index in [9.17, 15) is 4.79 Å². The van der Waals surface area contributed by atoms with E-state index in [1.165, 1.54) is 0 Å². The zero-order valence-corrected chi connectivity index (χ0v) is 13.1. The van der Waals surface area contributed by atoms with Crippen LogP contribution in [0, 0.1) is 0 Å². The van der Waals surface area contributed by atoms with Crippen molar-refractivity contribution in [3.63, 3.8) is 0 Å². The van der Waals surface area contributed by atoms with Crippen LogP contribution in [0.3, 0.4) is 0 Å². The van der Waals surface area contributed by atoms with E-state index in [0.717, 1.165) is 31.5 Å².